The van der Waals surface area contributed by atoms with E-state index < -0.39 is 14.9 Å². The van der Waals surface area contributed by atoms with Crippen LogP contribution < -0.4 is 16.0 Å². The number of nitrogens with two attached hydrogens (primary N) is 1. The van der Waals surface area contributed by atoms with Crippen LogP contribution in [0.25, 0.3) is 0 Å². The van der Waals surface area contributed by atoms with E-state index >= 15 is 0 Å². The zero-order chi connectivity index (χ0) is 14.0. The summed E-state index contributed by atoms with van der Waals surface area (Å²) in [6.45, 7) is 0.368. The average Bonchev–Trinajstić information content (AvgIpc) is 3.19. The van der Waals surface area contributed by atoms with Crippen molar-refractivity contribution in [3.63, 3.8) is 0 Å². The highest BCUT2D eigenvalue weighted by Crippen LogP contribution is 2.29. The molecule has 2 rings (SSSR count). The molecule has 0 atom stereocenters. The lowest BCUT2D eigenvalue weighted by Crippen LogP contribution is -2.26. The molecule has 19 heavy (non-hydrogen) atoms. The summed E-state index contributed by atoms with van der Waals surface area (Å²) in [7, 11) is -3.72. The van der Waals surface area contributed by atoms with E-state index in [1.54, 1.807) is 0 Å². The van der Waals surface area contributed by atoms with Crippen molar-refractivity contribution in [1.29, 1.82) is 0 Å². The normalized spacial score (nSPS) is 15.2. The second kappa shape index (κ2) is 5.11. The first-order chi connectivity index (χ1) is 8.94. The quantitative estimate of drug-likeness (QED) is 0.398. The van der Waals surface area contributed by atoms with E-state index in [2.05, 4.69) is 10.1 Å². The van der Waals surface area contributed by atoms with E-state index in [0.717, 1.165) is 18.9 Å². The molecule has 0 unspecified atom stereocenters. The van der Waals surface area contributed by atoms with Gasteiger partial charge in [0.15, 0.2) is 0 Å². The van der Waals surface area contributed by atoms with Crippen LogP contribution in [0.4, 0.5) is 11.4 Å². The van der Waals surface area contributed by atoms with Crippen molar-refractivity contribution in [2.24, 2.45) is 11.8 Å². The van der Waals surface area contributed by atoms with Crippen LogP contribution in [0.15, 0.2) is 23.1 Å². The maximum atomic E-state index is 12.0. The van der Waals surface area contributed by atoms with Gasteiger partial charge in [0.2, 0.25) is 10.0 Å². The molecule has 1 aromatic rings. The van der Waals surface area contributed by atoms with Gasteiger partial charge in [-0.25, -0.2) is 13.1 Å². The molecule has 0 amide bonds. The standard InChI is InChI=1S/C10H14N4O4S/c11-13-9-4-3-8(5-10(9)14(15)16)19(17,18)12-6-7-1-2-7/h3-5,7,12-13H,1-2,6,11H2. The lowest BCUT2D eigenvalue weighted by Gasteiger charge is -2.07. The second-order valence-electron chi connectivity index (χ2n) is 4.38. The molecular weight excluding hydrogens is 272 g/mol. The van der Waals surface area contributed by atoms with Gasteiger partial charge >= 0.3 is 0 Å². The number of sulfonamides is 1. The molecule has 0 bridgehead atoms. The fraction of sp³-hybridized carbons (Fsp3) is 0.400. The first-order valence-electron chi connectivity index (χ1n) is 5.69. The summed E-state index contributed by atoms with van der Waals surface area (Å²) in [6.07, 6.45) is 2.03. The van der Waals surface area contributed by atoms with Gasteiger partial charge in [0.25, 0.3) is 5.69 Å². The predicted octanol–water partition coefficient (Wildman–Crippen LogP) is 0.569. The van der Waals surface area contributed by atoms with Gasteiger partial charge in [0, 0.05) is 12.6 Å². The van der Waals surface area contributed by atoms with Crippen molar-refractivity contribution in [2.45, 2.75) is 17.7 Å². The zero-order valence-corrected chi connectivity index (χ0v) is 10.8. The Balaban J connectivity index is 2.28. The van der Waals surface area contributed by atoms with Gasteiger partial charge in [-0.2, -0.15) is 0 Å². The number of rotatable bonds is 6. The van der Waals surface area contributed by atoms with E-state index in [1.165, 1.54) is 12.1 Å². The van der Waals surface area contributed by atoms with Gasteiger partial charge in [-0.05, 0) is 30.9 Å². The van der Waals surface area contributed by atoms with Crippen molar-refractivity contribution >= 4 is 21.4 Å². The summed E-state index contributed by atoms with van der Waals surface area (Å²) < 4.78 is 26.3. The number of hydrogen-bond acceptors (Lipinski definition) is 6. The molecule has 1 aliphatic rings. The zero-order valence-electron chi connectivity index (χ0n) is 10.00. The van der Waals surface area contributed by atoms with Crippen LogP contribution in [-0.2, 0) is 10.0 Å². The third-order valence-corrected chi connectivity index (χ3v) is 4.31. The molecule has 0 heterocycles. The molecular formula is C10H14N4O4S. The first kappa shape index (κ1) is 13.7. The number of nitrogen functional groups attached to an aromatic ring is 1. The maximum absolute atomic E-state index is 12.0. The largest absolute Gasteiger partial charge is 0.318 e. The topological polar surface area (TPSA) is 127 Å². The Morgan fingerprint density at radius 1 is 1.42 bits per heavy atom. The number of hydrogen-bond donors (Lipinski definition) is 3. The van der Waals surface area contributed by atoms with Crippen LogP contribution in [0.5, 0.6) is 0 Å². The Hall–Kier alpha value is -1.71. The van der Waals surface area contributed by atoms with E-state index in [9.17, 15) is 18.5 Å². The summed E-state index contributed by atoms with van der Waals surface area (Å²) in [5, 5.41) is 10.8. The number of nitro benzene ring substituents is 1. The van der Waals surface area contributed by atoms with Gasteiger partial charge in [-0.1, -0.05) is 0 Å². The van der Waals surface area contributed by atoms with E-state index in [-0.39, 0.29) is 16.3 Å². The summed E-state index contributed by atoms with van der Waals surface area (Å²) in [6, 6.07) is 3.53. The SMILES string of the molecule is NNc1ccc(S(=O)(=O)NCC2CC2)cc1[N+](=O)[O-]. The van der Waals surface area contributed by atoms with Gasteiger partial charge in [0.1, 0.15) is 5.69 Å². The fourth-order valence-electron chi connectivity index (χ4n) is 1.58. The summed E-state index contributed by atoms with van der Waals surface area (Å²) in [4.78, 5) is 10.0. The van der Waals surface area contributed by atoms with Crippen molar-refractivity contribution in [1.82, 2.24) is 4.72 Å². The van der Waals surface area contributed by atoms with Crippen LogP contribution in [0.3, 0.4) is 0 Å². The molecule has 1 fully saturated rings. The fourth-order valence-corrected chi connectivity index (χ4v) is 2.72. The number of benzene rings is 1. The number of nitrogens with zero attached hydrogens (tertiary/aromatic N) is 1. The molecule has 0 saturated heterocycles. The monoisotopic (exact) mass is 286 g/mol. The number of anilines is 1. The number of nitrogens with one attached hydrogen (secondary N) is 2. The first-order valence-corrected chi connectivity index (χ1v) is 7.17. The Kier molecular flexibility index (Phi) is 3.69. The van der Waals surface area contributed by atoms with E-state index in [4.69, 9.17) is 5.84 Å². The average molecular weight is 286 g/mol. The molecule has 9 heteroatoms. The smallest absolute Gasteiger partial charge is 0.294 e. The van der Waals surface area contributed by atoms with Gasteiger partial charge in [-0.3, -0.25) is 16.0 Å². The molecule has 0 radical (unpaired) electrons. The molecule has 0 aliphatic heterocycles. The van der Waals surface area contributed by atoms with Crippen LogP contribution >= 0.6 is 0 Å². The van der Waals surface area contributed by atoms with Crippen molar-refractivity contribution in [2.75, 3.05) is 12.0 Å². The molecule has 104 valence electrons. The lowest BCUT2D eigenvalue weighted by molar-refractivity contribution is -0.384. The Bertz CT molecular complexity index is 598. The molecule has 4 N–H and O–H groups in total. The number of hydrazine groups is 1. The molecule has 0 spiro atoms. The van der Waals surface area contributed by atoms with Crippen LogP contribution in [0, 0.1) is 16.0 Å². The lowest BCUT2D eigenvalue weighted by atomic mass is 10.3. The van der Waals surface area contributed by atoms with Crippen molar-refractivity contribution in [3.8, 4) is 0 Å². The summed E-state index contributed by atoms with van der Waals surface area (Å²) in [5.74, 6) is 5.52. The molecule has 1 aliphatic carbocycles. The van der Waals surface area contributed by atoms with Crippen LogP contribution in [0.1, 0.15) is 12.8 Å². The van der Waals surface area contributed by atoms with Crippen LogP contribution in [-0.4, -0.2) is 19.9 Å². The highest BCUT2D eigenvalue weighted by Gasteiger charge is 2.25. The third-order valence-electron chi connectivity index (χ3n) is 2.89. The minimum Gasteiger partial charge on any atom is -0.318 e. The van der Waals surface area contributed by atoms with Crippen molar-refractivity contribution < 1.29 is 13.3 Å². The van der Waals surface area contributed by atoms with Crippen molar-refractivity contribution in [3.05, 3.63) is 28.3 Å². The summed E-state index contributed by atoms with van der Waals surface area (Å²) in [5.41, 5.74) is 1.84. The highest BCUT2D eigenvalue weighted by atomic mass is 32.2. The van der Waals surface area contributed by atoms with Gasteiger partial charge in [-0.15, -0.1) is 0 Å². The van der Waals surface area contributed by atoms with E-state index in [1.807, 2.05) is 0 Å². The summed E-state index contributed by atoms with van der Waals surface area (Å²) >= 11 is 0. The second-order valence-corrected chi connectivity index (χ2v) is 6.14. The highest BCUT2D eigenvalue weighted by molar-refractivity contribution is 7.89. The van der Waals surface area contributed by atoms with Gasteiger partial charge < -0.3 is 5.43 Å². The maximum Gasteiger partial charge on any atom is 0.294 e. The third kappa shape index (κ3) is 3.19. The minimum atomic E-state index is -3.72. The van der Waals surface area contributed by atoms with Gasteiger partial charge in [0.05, 0.1) is 9.82 Å². The Labute approximate surface area is 110 Å². The molecule has 8 nitrogen and oxygen atoms in total. The van der Waals surface area contributed by atoms with Crippen LogP contribution in [0.2, 0.25) is 0 Å². The predicted molar refractivity (Wildman–Crippen MR) is 68.8 cm³/mol. The molecule has 1 saturated carbocycles. The molecule has 1 aromatic carbocycles. The van der Waals surface area contributed by atoms with E-state index in [0.29, 0.717) is 12.5 Å². The minimum absolute atomic E-state index is 0.0612. The number of nitro groups is 1. The molecule has 0 aromatic heterocycles. The Morgan fingerprint density at radius 2 is 2.11 bits per heavy atom. The Morgan fingerprint density at radius 3 is 2.63 bits per heavy atom.